The van der Waals surface area contributed by atoms with Crippen molar-refractivity contribution in [2.75, 3.05) is 30.3 Å². The summed E-state index contributed by atoms with van der Waals surface area (Å²) >= 11 is 1.59. The first-order valence-electron chi connectivity index (χ1n) is 6.71. The summed E-state index contributed by atoms with van der Waals surface area (Å²) in [4.78, 5) is 13.9. The predicted octanol–water partition coefficient (Wildman–Crippen LogP) is 0.493. The van der Waals surface area contributed by atoms with Gasteiger partial charge in [-0.3, -0.25) is 4.79 Å². The minimum Gasteiger partial charge on any atom is -0.338 e. The van der Waals surface area contributed by atoms with E-state index in [4.69, 9.17) is 5.73 Å². The quantitative estimate of drug-likeness (QED) is 0.740. The molecular weight excluding hydrogens is 284 g/mol. The van der Waals surface area contributed by atoms with E-state index in [9.17, 15) is 13.2 Å². The Morgan fingerprint density at radius 1 is 1.53 bits per heavy atom. The maximum atomic E-state index is 12.2. The van der Waals surface area contributed by atoms with Gasteiger partial charge in [-0.1, -0.05) is 6.92 Å². The van der Waals surface area contributed by atoms with Crippen molar-refractivity contribution in [3.05, 3.63) is 0 Å². The highest BCUT2D eigenvalue weighted by Gasteiger charge is 2.33. The predicted molar refractivity (Wildman–Crippen MR) is 80.0 cm³/mol. The monoisotopic (exact) mass is 308 g/mol. The fraction of sp³-hybridized carbons (Fsp3) is 0.917. The van der Waals surface area contributed by atoms with Gasteiger partial charge in [-0.25, -0.2) is 8.42 Å². The van der Waals surface area contributed by atoms with Crippen LogP contribution in [0.2, 0.25) is 0 Å². The number of carbonyl (C=O) groups is 1. The lowest BCUT2D eigenvalue weighted by atomic mass is 10.2. The van der Waals surface area contributed by atoms with Crippen LogP contribution in [0.3, 0.4) is 0 Å². The lowest BCUT2D eigenvalue weighted by Gasteiger charge is -2.27. The molecule has 0 aliphatic carbocycles. The molecule has 1 aliphatic heterocycles. The highest BCUT2D eigenvalue weighted by molar-refractivity contribution is 8.00. The molecule has 0 aromatic carbocycles. The second kappa shape index (κ2) is 7.50. The highest BCUT2D eigenvalue weighted by Crippen LogP contribution is 2.20. The fourth-order valence-corrected chi connectivity index (χ4v) is 4.90. The zero-order valence-electron chi connectivity index (χ0n) is 11.7. The van der Waals surface area contributed by atoms with Crippen molar-refractivity contribution < 1.29 is 13.2 Å². The Morgan fingerprint density at radius 2 is 2.21 bits per heavy atom. The number of nitrogens with zero attached hydrogens (tertiary/aromatic N) is 1. The molecule has 112 valence electrons. The molecule has 0 spiro atoms. The molecule has 0 aromatic heterocycles. The fourth-order valence-electron chi connectivity index (χ4n) is 2.27. The Balaban J connectivity index is 2.49. The molecular formula is C12H24N2O3S2. The molecule has 19 heavy (non-hydrogen) atoms. The van der Waals surface area contributed by atoms with Gasteiger partial charge in [0.05, 0.1) is 17.3 Å². The Hall–Kier alpha value is -0.270. The summed E-state index contributed by atoms with van der Waals surface area (Å²) in [6, 6.07) is -0.132. The number of sulfone groups is 1. The third kappa shape index (κ3) is 5.31. The summed E-state index contributed by atoms with van der Waals surface area (Å²) in [5.74, 6) is 0.776. The van der Waals surface area contributed by atoms with Gasteiger partial charge in [0.15, 0.2) is 9.84 Å². The lowest BCUT2D eigenvalue weighted by molar-refractivity contribution is -0.129. The van der Waals surface area contributed by atoms with Crippen molar-refractivity contribution >= 4 is 27.5 Å². The summed E-state index contributed by atoms with van der Waals surface area (Å²) in [7, 11) is -2.94. The van der Waals surface area contributed by atoms with Gasteiger partial charge in [-0.05, 0) is 26.3 Å². The van der Waals surface area contributed by atoms with E-state index in [2.05, 4.69) is 6.92 Å². The van der Waals surface area contributed by atoms with Gasteiger partial charge in [-0.2, -0.15) is 0 Å². The zero-order chi connectivity index (χ0) is 14.5. The van der Waals surface area contributed by atoms with E-state index in [1.54, 1.807) is 16.7 Å². The molecule has 1 aliphatic rings. The van der Waals surface area contributed by atoms with Crippen LogP contribution < -0.4 is 5.73 Å². The second-order valence-corrected chi connectivity index (χ2v) is 8.59. The van der Waals surface area contributed by atoms with Crippen molar-refractivity contribution in [3.63, 3.8) is 0 Å². The summed E-state index contributed by atoms with van der Waals surface area (Å²) in [5, 5.41) is 0.361. The van der Waals surface area contributed by atoms with Gasteiger partial charge < -0.3 is 10.6 Å². The van der Waals surface area contributed by atoms with Crippen molar-refractivity contribution in [1.82, 2.24) is 4.90 Å². The van der Waals surface area contributed by atoms with Gasteiger partial charge in [0, 0.05) is 17.8 Å². The highest BCUT2D eigenvalue weighted by atomic mass is 32.2. The van der Waals surface area contributed by atoms with Crippen molar-refractivity contribution in [2.24, 2.45) is 5.73 Å². The molecule has 2 unspecified atom stereocenters. The maximum absolute atomic E-state index is 12.2. The number of amides is 1. The molecule has 1 amide bonds. The van der Waals surface area contributed by atoms with Crippen LogP contribution in [0.5, 0.6) is 0 Å². The number of nitrogens with two attached hydrogens (primary N) is 1. The molecule has 2 N–H and O–H groups in total. The molecule has 0 aromatic rings. The number of hydrogen-bond acceptors (Lipinski definition) is 5. The minimum atomic E-state index is -2.94. The molecule has 5 nitrogen and oxygen atoms in total. The summed E-state index contributed by atoms with van der Waals surface area (Å²) in [6.45, 7) is 5.16. The number of hydrogen-bond donors (Lipinski definition) is 1. The normalized spacial score (nSPS) is 23.2. The van der Waals surface area contributed by atoms with E-state index in [-0.39, 0.29) is 23.5 Å². The molecule has 7 heteroatoms. The van der Waals surface area contributed by atoms with Crippen LogP contribution in [0.25, 0.3) is 0 Å². The lowest BCUT2D eigenvalue weighted by Crippen LogP contribution is -2.42. The van der Waals surface area contributed by atoms with Gasteiger partial charge in [0.2, 0.25) is 5.91 Å². The molecule has 1 rings (SSSR count). The number of carbonyl (C=O) groups excluding carboxylic acids is 1. The molecule has 2 atom stereocenters. The minimum absolute atomic E-state index is 0.0403. The summed E-state index contributed by atoms with van der Waals surface area (Å²) in [6.07, 6.45) is 1.47. The topological polar surface area (TPSA) is 80.5 Å². The molecule has 1 heterocycles. The van der Waals surface area contributed by atoms with Crippen LogP contribution >= 0.6 is 11.8 Å². The molecule has 1 fully saturated rings. The van der Waals surface area contributed by atoms with Crippen LogP contribution in [0, 0.1) is 0 Å². The summed E-state index contributed by atoms with van der Waals surface area (Å²) < 4.78 is 23.0. The van der Waals surface area contributed by atoms with E-state index in [1.165, 1.54) is 0 Å². The Labute approximate surface area is 120 Å². The van der Waals surface area contributed by atoms with Gasteiger partial charge in [0.1, 0.15) is 0 Å². The van der Waals surface area contributed by atoms with Crippen molar-refractivity contribution in [2.45, 2.75) is 38.0 Å². The van der Waals surface area contributed by atoms with E-state index in [1.807, 2.05) is 6.92 Å². The van der Waals surface area contributed by atoms with Gasteiger partial charge in [0.25, 0.3) is 0 Å². The zero-order valence-corrected chi connectivity index (χ0v) is 13.3. The first kappa shape index (κ1) is 16.8. The van der Waals surface area contributed by atoms with Crippen molar-refractivity contribution in [3.8, 4) is 0 Å². The largest absolute Gasteiger partial charge is 0.338 e. The summed E-state index contributed by atoms with van der Waals surface area (Å²) in [5.41, 5.74) is 5.48. The SMILES string of the molecule is CCN(C(=O)CSC(C)CCN)C1CCS(=O)(=O)C1. The second-order valence-electron chi connectivity index (χ2n) is 4.94. The molecule has 0 saturated carbocycles. The average molecular weight is 308 g/mol. The van der Waals surface area contributed by atoms with E-state index >= 15 is 0 Å². The standard InChI is InChI=1S/C12H24N2O3S2/c1-3-14(11-5-7-19(16,17)9-11)12(15)8-18-10(2)4-6-13/h10-11H,3-9,13H2,1-2H3. The van der Waals surface area contributed by atoms with Crippen molar-refractivity contribution in [1.29, 1.82) is 0 Å². The van der Waals surface area contributed by atoms with E-state index in [0.29, 0.717) is 30.5 Å². The third-order valence-electron chi connectivity index (χ3n) is 3.37. The van der Waals surface area contributed by atoms with Crippen LogP contribution in [-0.4, -0.2) is 60.9 Å². The molecule has 0 radical (unpaired) electrons. The van der Waals surface area contributed by atoms with Gasteiger partial charge >= 0.3 is 0 Å². The third-order valence-corrected chi connectivity index (χ3v) is 6.34. The molecule has 0 bridgehead atoms. The number of thioether (sulfide) groups is 1. The molecule has 1 saturated heterocycles. The Kier molecular flexibility index (Phi) is 6.62. The maximum Gasteiger partial charge on any atom is 0.232 e. The van der Waals surface area contributed by atoms with E-state index in [0.717, 1.165) is 6.42 Å². The van der Waals surface area contributed by atoms with Crippen LogP contribution in [0.4, 0.5) is 0 Å². The number of rotatable bonds is 7. The Bertz CT molecular complexity index is 398. The van der Waals surface area contributed by atoms with Crippen LogP contribution in [0.1, 0.15) is 26.7 Å². The van der Waals surface area contributed by atoms with Crippen LogP contribution in [0.15, 0.2) is 0 Å². The van der Waals surface area contributed by atoms with Crippen LogP contribution in [-0.2, 0) is 14.6 Å². The smallest absolute Gasteiger partial charge is 0.232 e. The first-order valence-corrected chi connectivity index (χ1v) is 9.58. The van der Waals surface area contributed by atoms with E-state index < -0.39 is 9.84 Å². The van der Waals surface area contributed by atoms with Gasteiger partial charge in [-0.15, -0.1) is 11.8 Å². The Morgan fingerprint density at radius 3 is 2.68 bits per heavy atom. The average Bonchev–Trinajstić information content (AvgIpc) is 2.68. The first-order chi connectivity index (χ1) is 8.89.